The Labute approximate surface area is 166 Å². The van der Waals surface area contributed by atoms with Gasteiger partial charge in [-0.1, -0.05) is 17.8 Å². The van der Waals surface area contributed by atoms with E-state index in [1.165, 1.54) is 30.0 Å². The van der Waals surface area contributed by atoms with E-state index in [1.54, 1.807) is 12.4 Å². The number of anilines is 1. The number of aromatic nitrogens is 3. The Morgan fingerprint density at radius 3 is 2.62 bits per heavy atom. The monoisotopic (exact) mass is 412 g/mol. The first-order valence-electron chi connectivity index (χ1n) is 8.07. The zero-order valence-electron chi connectivity index (χ0n) is 14.4. The van der Waals surface area contributed by atoms with E-state index in [1.807, 2.05) is 12.1 Å². The van der Waals surface area contributed by atoms with Crippen molar-refractivity contribution in [2.45, 2.75) is 17.1 Å². The van der Waals surface area contributed by atoms with Gasteiger partial charge in [0.05, 0.1) is 11.3 Å². The zero-order chi connectivity index (χ0) is 20.6. The molecule has 1 aliphatic heterocycles. The number of ether oxygens (including phenoxy) is 2. The summed E-state index contributed by atoms with van der Waals surface area (Å²) in [4.78, 5) is 11.2. The number of halogens is 2. The van der Waals surface area contributed by atoms with Crippen LogP contribution in [0.1, 0.15) is 17.0 Å². The Morgan fingerprint density at radius 1 is 1.17 bits per heavy atom. The van der Waals surface area contributed by atoms with Crippen molar-refractivity contribution in [2.24, 2.45) is 0 Å². The molecular weight excluding hydrogens is 402 g/mol. The number of rotatable bonds is 4. The van der Waals surface area contributed by atoms with Crippen LogP contribution in [0.4, 0.5) is 14.6 Å². The van der Waals surface area contributed by atoms with Crippen LogP contribution in [0.25, 0.3) is 11.1 Å². The van der Waals surface area contributed by atoms with Crippen LogP contribution in [0.3, 0.4) is 0 Å². The Hall–Kier alpha value is -3.83. The summed E-state index contributed by atoms with van der Waals surface area (Å²) in [6.07, 6.45) is -0.524. The van der Waals surface area contributed by atoms with Crippen LogP contribution >= 0.6 is 11.8 Å². The fourth-order valence-corrected chi connectivity index (χ4v) is 3.70. The van der Waals surface area contributed by atoms with Gasteiger partial charge in [-0.3, -0.25) is 0 Å². The van der Waals surface area contributed by atoms with E-state index in [9.17, 15) is 19.3 Å². The van der Waals surface area contributed by atoms with Gasteiger partial charge in [0, 0.05) is 18.0 Å². The average Bonchev–Trinajstić information content (AvgIpc) is 3.30. The molecule has 29 heavy (non-hydrogen) atoms. The number of H-pyrrole nitrogens is 1. The highest BCUT2D eigenvalue weighted by molar-refractivity contribution is 7.98. The molecule has 0 unspecified atom stereocenters. The molecule has 2 aromatic heterocycles. The Morgan fingerprint density at radius 2 is 1.93 bits per heavy atom. The van der Waals surface area contributed by atoms with Crippen molar-refractivity contribution in [1.29, 1.82) is 10.5 Å². The second-order valence-electron chi connectivity index (χ2n) is 5.80. The first-order valence-corrected chi connectivity index (χ1v) is 9.05. The summed E-state index contributed by atoms with van der Waals surface area (Å²) < 4.78 is 35.5. The summed E-state index contributed by atoms with van der Waals surface area (Å²) in [6, 6.07) is 7.96. The molecule has 0 fully saturated rings. The molecule has 4 rings (SSSR count). The van der Waals surface area contributed by atoms with Crippen LogP contribution in [0.5, 0.6) is 11.5 Å². The Kier molecular flexibility index (Phi) is 4.45. The van der Waals surface area contributed by atoms with Crippen LogP contribution in [0, 0.1) is 22.7 Å². The minimum atomic E-state index is -3.78. The minimum absolute atomic E-state index is 0.0328. The maximum atomic E-state index is 13.3. The second kappa shape index (κ2) is 6.96. The summed E-state index contributed by atoms with van der Waals surface area (Å²) in [5.74, 6) is 0.611. The van der Waals surface area contributed by atoms with Crippen molar-refractivity contribution >= 4 is 17.6 Å². The maximum absolute atomic E-state index is 13.3. The molecule has 1 aliphatic rings. The topological polar surface area (TPSA) is 134 Å². The average molecular weight is 412 g/mol. The van der Waals surface area contributed by atoms with E-state index in [-0.39, 0.29) is 34.0 Å². The van der Waals surface area contributed by atoms with E-state index in [2.05, 4.69) is 24.4 Å². The number of nitrogen functional groups attached to an aromatic ring is 1. The molecule has 11 heteroatoms. The number of pyridine rings is 1. The van der Waals surface area contributed by atoms with Gasteiger partial charge in [-0.2, -0.15) is 10.5 Å². The van der Waals surface area contributed by atoms with Crippen molar-refractivity contribution in [3.05, 3.63) is 47.5 Å². The van der Waals surface area contributed by atoms with E-state index in [4.69, 9.17) is 5.73 Å². The fourth-order valence-electron chi connectivity index (χ4n) is 2.81. The number of benzene rings is 1. The highest BCUT2D eigenvalue weighted by atomic mass is 32.2. The van der Waals surface area contributed by atoms with Crippen LogP contribution in [0.15, 0.2) is 35.6 Å². The molecule has 0 amide bonds. The van der Waals surface area contributed by atoms with Crippen LogP contribution in [-0.2, 0) is 5.75 Å². The van der Waals surface area contributed by atoms with Gasteiger partial charge < -0.3 is 20.2 Å². The van der Waals surface area contributed by atoms with E-state index in [0.29, 0.717) is 22.2 Å². The van der Waals surface area contributed by atoms with Crippen molar-refractivity contribution < 1.29 is 18.3 Å². The SMILES string of the molecule is N#Cc1c(N)nc(SCc2ncc[nH]2)c(C#N)c1-c1ccc2c(c1)OC(F)(F)O2. The molecule has 8 nitrogen and oxygen atoms in total. The minimum Gasteiger partial charge on any atom is -0.395 e. The third-order valence-corrected chi connectivity index (χ3v) is 4.99. The lowest BCUT2D eigenvalue weighted by Gasteiger charge is -2.13. The number of hydrogen-bond acceptors (Lipinski definition) is 8. The van der Waals surface area contributed by atoms with Crippen LogP contribution in [-0.4, -0.2) is 21.2 Å². The number of imidazole rings is 1. The molecule has 3 N–H and O–H groups in total. The largest absolute Gasteiger partial charge is 0.586 e. The molecule has 0 radical (unpaired) electrons. The van der Waals surface area contributed by atoms with Gasteiger partial charge in [-0.25, -0.2) is 9.97 Å². The summed E-state index contributed by atoms with van der Waals surface area (Å²) in [6.45, 7) is 0. The lowest BCUT2D eigenvalue weighted by molar-refractivity contribution is -0.286. The smallest absolute Gasteiger partial charge is 0.395 e. The van der Waals surface area contributed by atoms with Crippen molar-refractivity contribution in [2.75, 3.05) is 5.73 Å². The molecule has 0 bridgehead atoms. The summed E-state index contributed by atoms with van der Waals surface area (Å²) in [7, 11) is 0. The number of nitrogens with two attached hydrogens (primary N) is 1. The third-order valence-electron chi connectivity index (χ3n) is 4.01. The molecule has 0 saturated heterocycles. The predicted molar refractivity (Wildman–Crippen MR) is 97.9 cm³/mol. The van der Waals surface area contributed by atoms with Gasteiger partial charge in [0.2, 0.25) is 0 Å². The van der Waals surface area contributed by atoms with Crippen LogP contribution in [0.2, 0.25) is 0 Å². The first kappa shape index (κ1) is 18.5. The van der Waals surface area contributed by atoms with Crippen LogP contribution < -0.4 is 15.2 Å². The maximum Gasteiger partial charge on any atom is 0.586 e. The molecular formula is C18H10F2N6O2S. The van der Waals surface area contributed by atoms with Gasteiger partial charge in [0.1, 0.15) is 34.4 Å². The number of nitrogens with one attached hydrogen (secondary N) is 1. The fraction of sp³-hybridized carbons (Fsp3) is 0.111. The lowest BCUT2D eigenvalue weighted by atomic mass is 9.96. The lowest BCUT2D eigenvalue weighted by Crippen LogP contribution is -2.25. The summed E-state index contributed by atoms with van der Waals surface area (Å²) in [5.41, 5.74) is 6.49. The van der Waals surface area contributed by atoms with Gasteiger partial charge in [0.25, 0.3) is 0 Å². The predicted octanol–water partition coefficient (Wildman–Crippen LogP) is 3.41. The number of nitrogens with zero attached hydrogens (tertiary/aromatic N) is 4. The number of aromatic amines is 1. The summed E-state index contributed by atoms with van der Waals surface area (Å²) in [5, 5.41) is 19.6. The van der Waals surface area contributed by atoms with Gasteiger partial charge >= 0.3 is 6.29 Å². The van der Waals surface area contributed by atoms with Gasteiger partial charge in [0.15, 0.2) is 11.5 Å². The molecule has 1 aromatic carbocycles. The van der Waals surface area contributed by atoms with Crippen molar-refractivity contribution in [3.63, 3.8) is 0 Å². The van der Waals surface area contributed by atoms with Crippen molar-refractivity contribution in [3.8, 4) is 34.8 Å². The number of alkyl halides is 2. The van der Waals surface area contributed by atoms with Gasteiger partial charge in [-0.15, -0.1) is 8.78 Å². The standard InChI is InChI=1S/C18H10F2N6O2S/c19-18(20)27-12-2-1-9(5-13(12)28-18)15-10(6-21)16(23)26-17(11(15)7-22)29-8-14-24-3-4-25-14/h1-5H,8H2,(H2,23,26)(H,24,25). The van der Waals surface area contributed by atoms with E-state index in [0.717, 1.165) is 0 Å². The normalized spacial score (nSPS) is 13.7. The molecule has 0 aliphatic carbocycles. The first-order chi connectivity index (χ1) is 13.9. The zero-order valence-corrected chi connectivity index (χ0v) is 15.3. The number of fused-ring (bicyclic) bond motifs is 1. The Balaban J connectivity index is 1.82. The highest BCUT2D eigenvalue weighted by Gasteiger charge is 2.43. The van der Waals surface area contributed by atoms with E-state index >= 15 is 0 Å². The molecule has 0 atom stereocenters. The molecule has 0 spiro atoms. The molecule has 3 aromatic rings. The molecule has 0 saturated carbocycles. The molecule has 3 heterocycles. The summed E-state index contributed by atoms with van der Waals surface area (Å²) >= 11 is 1.20. The Bertz CT molecular complexity index is 1180. The van der Waals surface area contributed by atoms with E-state index < -0.39 is 6.29 Å². The third kappa shape index (κ3) is 3.39. The number of thioether (sulfide) groups is 1. The van der Waals surface area contributed by atoms with Gasteiger partial charge in [-0.05, 0) is 17.7 Å². The van der Waals surface area contributed by atoms with Crippen molar-refractivity contribution in [1.82, 2.24) is 15.0 Å². The highest BCUT2D eigenvalue weighted by Crippen LogP contribution is 2.45. The second-order valence-corrected chi connectivity index (χ2v) is 6.77. The number of hydrogen-bond donors (Lipinski definition) is 2. The quantitative estimate of drug-likeness (QED) is 0.623. The number of nitriles is 2. The molecule has 144 valence electrons.